The van der Waals surface area contributed by atoms with Gasteiger partial charge in [0.15, 0.2) is 0 Å². The van der Waals surface area contributed by atoms with Crippen LogP contribution in [0, 0.1) is 0 Å². The van der Waals surface area contributed by atoms with Crippen LogP contribution >= 0.6 is 0 Å². The van der Waals surface area contributed by atoms with E-state index in [1.54, 1.807) is 18.3 Å². The van der Waals surface area contributed by atoms with Crippen LogP contribution in [0.2, 0.25) is 0 Å². The summed E-state index contributed by atoms with van der Waals surface area (Å²) in [6.45, 7) is 2.16. The van der Waals surface area contributed by atoms with Crippen LogP contribution in [0.1, 0.15) is 25.3 Å². The number of aryl methyl sites for hydroxylation is 1. The highest BCUT2D eigenvalue weighted by Crippen LogP contribution is 2.29. The van der Waals surface area contributed by atoms with E-state index in [0.717, 1.165) is 24.8 Å². The molecular formula is C19H22N4OS. The van der Waals surface area contributed by atoms with Crippen LogP contribution in [-0.2, 0) is 16.3 Å². The predicted octanol–water partition coefficient (Wildman–Crippen LogP) is 4.45. The molecule has 0 aliphatic rings. The maximum atomic E-state index is 12.9. The molecule has 0 amide bonds. The van der Waals surface area contributed by atoms with E-state index in [0.29, 0.717) is 16.3 Å². The van der Waals surface area contributed by atoms with E-state index in [1.807, 2.05) is 42.5 Å². The number of nitrogens with two attached hydrogens (primary N) is 1. The van der Waals surface area contributed by atoms with Gasteiger partial charge in [-0.1, -0.05) is 55.8 Å². The van der Waals surface area contributed by atoms with Crippen molar-refractivity contribution in [3.63, 3.8) is 0 Å². The molecule has 1 heterocycles. The van der Waals surface area contributed by atoms with E-state index < -0.39 is 9.92 Å². The third-order valence-electron chi connectivity index (χ3n) is 4.00. The van der Waals surface area contributed by atoms with Gasteiger partial charge in [0.1, 0.15) is 15.6 Å². The number of H-pyrrole nitrogens is 1. The molecule has 0 bridgehead atoms. The fraction of sp³-hybridized carbons (Fsp3) is 0.211. The van der Waals surface area contributed by atoms with Gasteiger partial charge in [-0.25, -0.2) is 9.35 Å². The Kier molecular flexibility index (Phi) is 5.31. The number of hydrogen-bond acceptors (Lipinski definition) is 3. The van der Waals surface area contributed by atoms with Gasteiger partial charge in [-0.3, -0.25) is 5.10 Å². The van der Waals surface area contributed by atoms with Crippen LogP contribution in [-0.4, -0.2) is 14.4 Å². The molecule has 1 atom stereocenters. The average molecular weight is 354 g/mol. The third-order valence-corrected chi connectivity index (χ3v) is 5.41. The molecule has 25 heavy (non-hydrogen) atoms. The topological polar surface area (TPSA) is 84.1 Å². The summed E-state index contributed by atoms with van der Waals surface area (Å²) in [5, 5.41) is 13.0. The van der Waals surface area contributed by atoms with Gasteiger partial charge in [-0.05, 0) is 30.5 Å². The number of unbranched alkanes of at least 4 members (excludes halogenated alkanes) is 1. The second kappa shape index (κ2) is 7.63. The standard InChI is InChI=1S/C19H22N4OS/c1-2-3-7-15-10-12-17(13-11-15)25(20,24)23-18-14-21-22-19(18)16-8-5-4-6-9-16/h4-6,8-14H,2-3,7H2,1H3,(H,21,22)(H2,20,23,24). The third kappa shape index (κ3) is 4.15. The minimum atomic E-state index is -3.04. The number of aromatic nitrogens is 2. The monoisotopic (exact) mass is 354 g/mol. The second-order valence-electron chi connectivity index (χ2n) is 5.90. The molecule has 0 fully saturated rings. The van der Waals surface area contributed by atoms with Gasteiger partial charge >= 0.3 is 0 Å². The zero-order chi connectivity index (χ0) is 17.7. The van der Waals surface area contributed by atoms with Crippen LogP contribution in [0.5, 0.6) is 0 Å². The number of aromatic amines is 1. The Morgan fingerprint density at radius 2 is 1.84 bits per heavy atom. The van der Waals surface area contributed by atoms with Crippen molar-refractivity contribution in [3.8, 4) is 11.3 Å². The Balaban J connectivity index is 1.93. The first-order valence-electron chi connectivity index (χ1n) is 8.33. The Bertz CT molecular complexity index is 939. The van der Waals surface area contributed by atoms with Crippen molar-refractivity contribution in [2.24, 2.45) is 9.50 Å². The molecule has 0 saturated heterocycles. The van der Waals surface area contributed by atoms with Crippen LogP contribution in [0.3, 0.4) is 0 Å². The van der Waals surface area contributed by atoms with Crippen molar-refractivity contribution in [1.82, 2.24) is 10.2 Å². The van der Waals surface area contributed by atoms with E-state index in [-0.39, 0.29) is 0 Å². The van der Waals surface area contributed by atoms with Gasteiger partial charge < -0.3 is 0 Å². The SMILES string of the molecule is CCCCc1ccc(S(N)(=O)=Nc2cn[nH]c2-c2ccccc2)cc1. The lowest BCUT2D eigenvalue weighted by Gasteiger charge is -2.06. The van der Waals surface area contributed by atoms with Crippen LogP contribution in [0.4, 0.5) is 5.69 Å². The fourth-order valence-corrected chi connectivity index (χ4v) is 3.66. The molecule has 0 aliphatic heterocycles. The quantitative estimate of drug-likeness (QED) is 0.685. The van der Waals surface area contributed by atoms with E-state index in [4.69, 9.17) is 5.14 Å². The lowest BCUT2D eigenvalue weighted by atomic mass is 10.1. The first-order chi connectivity index (χ1) is 12.1. The van der Waals surface area contributed by atoms with Gasteiger partial charge in [0.25, 0.3) is 0 Å². The Hall–Kier alpha value is -2.44. The van der Waals surface area contributed by atoms with Crippen molar-refractivity contribution in [2.45, 2.75) is 31.1 Å². The van der Waals surface area contributed by atoms with Crippen LogP contribution in [0.15, 0.2) is 70.1 Å². The molecule has 2 aromatic carbocycles. The van der Waals surface area contributed by atoms with Crippen LogP contribution in [0.25, 0.3) is 11.3 Å². The summed E-state index contributed by atoms with van der Waals surface area (Å²) in [7, 11) is -3.04. The van der Waals surface area contributed by atoms with Crippen molar-refractivity contribution >= 4 is 15.6 Å². The molecule has 3 aromatic rings. The number of hydrogen-bond donors (Lipinski definition) is 2. The summed E-state index contributed by atoms with van der Waals surface area (Å²) in [5.41, 5.74) is 3.34. The first kappa shape index (κ1) is 17.4. The number of nitrogens with one attached hydrogen (secondary N) is 1. The molecule has 0 aliphatic carbocycles. The molecule has 0 spiro atoms. The molecule has 5 nitrogen and oxygen atoms in total. The molecule has 0 saturated carbocycles. The molecule has 6 heteroatoms. The number of rotatable bonds is 6. The number of benzene rings is 2. The van der Waals surface area contributed by atoms with Crippen molar-refractivity contribution in [1.29, 1.82) is 0 Å². The predicted molar refractivity (Wildman–Crippen MR) is 102 cm³/mol. The van der Waals surface area contributed by atoms with Crippen molar-refractivity contribution in [2.75, 3.05) is 0 Å². The molecule has 130 valence electrons. The highest BCUT2D eigenvalue weighted by molar-refractivity contribution is 7.91. The zero-order valence-corrected chi connectivity index (χ0v) is 15.0. The second-order valence-corrected chi connectivity index (χ2v) is 7.69. The Morgan fingerprint density at radius 1 is 1.12 bits per heavy atom. The maximum Gasteiger partial charge on any atom is 0.139 e. The van der Waals surface area contributed by atoms with E-state index in [9.17, 15) is 4.21 Å². The van der Waals surface area contributed by atoms with E-state index >= 15 is 0 Å². The highest BCUT2D eigenvalue weighted by Gasteiger charge is 2.12. The first-order valence-corrected chi connectivity index (χ1v) is 9.90. The molecule has 3 N–H and O–H groups in total. The maximum absolute atomic E-state index is 12.9. The number of nitrogens with zero attached hydrogens (tertiary/aromatic N) is 2. The van der Waals surface area contributed by atoms with Gasteiger partial charge in [0, 0.05) is 5.56 Å². The largest absolute Gasteiger partial charge is 0.276 e. The minimum absolute atomic E-state index is 0.494. The molecular weight excluding hydrogens is 332 g/mol. The molecule has 1 aromatic heterocycles. The summed E-state index contributed by atoms with van der Waals surface area (Å²) in [6.07, 6.45) is 4.84. The fourth-order valence-electron chi connectivity index (χ4n) is 2.60. The highest BCUT2D eigenvalue weighted by atomic mass is 32.2. The molecule has 1 unspecified atom stereocenters. The van der Waals surface area contributed by atoms with Gasteiger partial charge in [0.2, 0.25) is 0 Å². The van der Waals surface area contributed by atoms with E-state index in [1.165, 1.54) is 5.56 Å². The van der Waals surface area contributed by atoms with Gasteiger partial charge in [-0.2, -0.15) is 9.46 Å². The van der Waals surface area contributed by atoms with Crippen molar-refractivity contribution in [3.05, 3.63) is 66.4 Å². The smallest absolute Gasteiger partial charge is 0.139 e. The normalized spacial score (nSPS) is 13.4. The zero-order valence-electron chi connectivity index (χ0n) is 14.2. The van der Waals surface area contributed by atoms with Gasteiger partial charge in [-0.15, -0.1) is 0 Å². The minimum Gasteiger partial charge on any atom is -0.276 e. The summed E-state index contributed by atoms with van der Waals surface area (Å²) < 4.78 is 17.2. The Morgan fingerprint density at radius 3 is 2.52 bits per heavy atom. The summed E-state index contributed by atoms with van der Waals surface area (Å²) in [4.78, 5) is 0.521. The van der Waals surface area contributed by atoms with E-state index in [2.05, 4.69) is 21.5 Å². The lowest BCUT2D eigenvalue weighted by molar-refractivity contribution is 0.678. The lowest BCUT2D eigenvalue weighted by Crippen LogP contribution is -2.12. The average Bonchev–Trinajstić information content (AvgIpc) is 3.08. The molecule has 3 rings (SSSR count). The summed E-state index contributed by atoms with van der Waals surface area (Å²) in [6, 6.07) is 17.2. The summed E-state index contributed by atoms with van der Waals surface area (Å²) >= 11 is 0. The van der Waals surface area contributed by atoms with Crippen molar-refractivity contribution < 1.29 is 4.21 Å². The Labute approximate surface area is 148 Å². The van der Waals surface area contributed by atoms with Gasteiger partial charge in [0.05, 0.1) is 16.8 Å². The van der Waals surface area contributed by atoms with Crippen LogP contribution < -0.4 is 5.14 Å². The molecule has 0 radical (unpaired) electrons. The summed E-state index contributed by atoms with van der Waals surface area (Å²) in [5.74, 6) is 0.